The average Bonchev–Trinajstić information content (AvgIpc) is 3.29. The van der Waals surface area contributed by atoms with Crippen molar-refractivity contribution in [3.63, 3.8) is 0 Å². The second-order valence-corrected chi connectivity index (χ2v) is 6.74. The van der Waals surface area contributed by atoms with E-state index in [1.165, 1.54) is 11.3 Å². The summed E-state index contributed by atoms with van der Waals surface area (Å²) < 4.78 is 7.49. The first-order chi connectivity index (χ1) is 12.7. The van der Waals surface area contributed by atoms with Crippen LogP contribution in [0.4, 0.5) is 0 Å². The van der Waals surface area contributed by atoms with Crippen molar-refractivity contribution in [2.75, 3.05) is 7.05 Å². The predicted octanol–water partition coefficient (Wildman–Crippen LogP) is 4.29. The Kier molecular flexibility index (Phi) is 4.32. The SMILES string of the molecule is CNC(=O)c1cc(-n2ncc3cc(Oc4ccccc4Cl)ncc32)cs1. The van der Waals surface area contributed by atoms with Crippen molar-refractivity contribution >= 4 is 39.7 Å². The molecule has 0 fully saturated rings. The van der Waals surface area contributed by atoms with E-state index >= 15 is 0 Å². The molecular weight excluding hydrogens is 372 g/mol. The summed E-state index contributed by atoms with van der Waals surface area (Å²) in [5.41, 5.74) is 1.63. The number of rotatable bonds is 4. The molecule has 8 heteroatoms. The number of pyridine rings is 1. The van der Waals surface area contributed by atoms with Crippen LogP contribution in [0, 0.1) is 0 Å². The highest BCUT2D eigenvalue weighted by Crippen LogP contribution is 2.30. The number of para-hydroxylation sites is 1. The zero-order valence-electron chi connectivity index (χ0n) is 13.6. The van der Waals surface area contributed by atoms with Crippen molar-refractivity contribution in [1.29, 1.82) is 0 Å². The summed E-state index contributed by atoms with van der Waals surface area (Å²) in [5.74, 6) is 0.856. The van der Waals surface area contributed by atoms with Crippen LogP contribution in [0.2, 0.25) is 5.02 Å². The van der Waals surface area contributed by atoms with Gasteiger partial charge in [0.1, 0.15) is 5.75 Å². The van der Waals surface area contributed by atoms with Crippen molar-refractivity contribution in [3.05, 3.63) is 64.1 Å². The number of amides is 1. The molecule has 0 aliphatic heterocycles. The fourth-order valence-corrected chi connectivity index (χ4v) is 3.48. The van der Waals surface area contributed by atoms with Crippen LogP contribution >= 0.6 is 22.9 Å². The number of nitrogens with one attached hydrogen (secondary N) is 1. The Bertz CT molecular complexity index is 1110. The van der Waals surface area contributed by atoms with Crippen LogP contribution < -0.4 is 10.1 Å². The Hall–Kier alpha value is -2.90. The molecule has 26 heavy (non-hydrogen) atoms. The Morgan fingerprint density at radius 2 is 2.12 bits per heavy atom. The van der Waals surface area contributed by atoms with Gasteiger partial charge in [-0.1, -0.05) is 23.7 Å². The average molecular weight is 385 g/mol. The smallest absolute Gasteiger partial charge is 0.261 e. The molecule has 4 rings (SSSR count). The van der Waals surface area contributed by atoms with Gasteiger partial charge in [0.05, 0.1) is 33.5 Å². The van der Waals surface area contributed by atoms with Crippen molar-refractivity contribution < 1.29 is 9.53 Å². The van der Waals surface area contributed by atoms with Crippen molar-refractivity contribution in [2.24, 2.45) is 0 Å². The van der Waals surface area contributed by atoms with Gasteiger partial charge in [-0.05, 0) is 18.2 Å². The second-order valence-electron chi connectivity index (χ2n) is 5.42. The number of fused-ring (bicyclic) bond motifs is 1. The minimum absolute atomic E-state index is 0.119. The van der Waals surface area contributed by atoms with Gasteiger partial charge in [0.2, 0.25) is 5.88 Å². The van der Waals surface area contributed by atoms with Gasteiger partial charge in [-0.2, -0.15) is 5.10 Å². The maximum absolute atomic E-state index is 11.7. The first-order valence-electron chi connectivity index (χ1n) is 7.73. The van der Waals surface area contributed by atoms with E-state index in [4.69, 9.17) is 16.3 Å². The minimum Gasteiger partial charge on any atom is -0.437 e. The molecule has 3 heterocycles. The van der Waals surface area contributed by atoms with Gasteiger partial charge >= 0.3 is 0 Å². The van der Waals surface area contributed by atoms with Gasteiger partial charge in [-0.3, -0.25) is 4.79 Å². The molecule has 0 spiro atoms. The van der Waals surface area contributed by atoms with E-state index in [1.54, 1.807) is 48.4 Å². The quantitative estimate of drug-likeness (QED) is 0.570. The molecule has 0 aliphatic rings. The Morgan fingerprint density at radius 3 is 2.92 bits per heavy atom. The molecule has 0 bridgehead atoms. The lowest BCUT2D eigenvalue weighted by molar-refractivity contribution is 0.0967. The summed E-state index contributed by atoms with van der Waals surface area (Å²) in [6.45, 7) is 0. The van der Waals surface area contributed by atoms with E-state index in [-0.39, 0.29) is 5.91 Å². The molecule has 0 unspecified atom stereocenters. The second kappa shape index (κ2) is 6.78. The van der Waals surface area contributed by atoms with Gasteiger partial charge in [-0.25, -0.2) is 9.67 Å². The molecule has 0 atom stereocenters. The van der Waals surface area contributed by atoms with E-state index < -0.39 is 0 Å². The molecule has 0 radical (unpaired) electrons. The fourth-order valence-electron chi connectivity index (χ4n) is 2.49. The largest absolute Gasteiger partial charge is 0.437 e. The molecule has 0 saturated heterocycles. The Balaban J connectivity index is 1.66. The van der Waals surface area contributed by atoms with Crippen LogP contribution in [-0.4, -0.2) is 27.7 Å². The summed E-state index contributed by atoms with van der Waals surface area (Å²) in [6.07, 6.45) is 3.42. The molecule has 1 N–H and O–H groups in total. The monoisotopic (exact) mass is 384 g/mol. The molecular formula is C18H13ClN4O2S. The molecule has 1 aromatic carbocycles. The summed E-state index contributed by atoms with van der Waals surface area (Å²) in [7, 11) is 1.61. The number of ether oxygens (including phenoxy) is 1. The highest BCUT2D eigenvalue weighted by atomic mass is 35.5. The summed E-state index contributed by atoms with van der Waals surface area (Å²) >= 11 is 7.48. The van der Waals surface area contributed by atoms with E-state index in [1.807, 2.05) is 17.5 Å². The minimum atomic E-state index is -0.119. The normalized spacial score (nSPS) is 10.8. The van der Waals surface area contributed by atoms with Crippen molar-refractivity contribution in [3.8, 4) is 17.3 Å². The third-order valence-electron chi connectivity index (χ3n) is 3.76. The third-order valence-corrected chi connectivity index (χ3v) is 4.99. The van der Waals surface area contributed by atoms with Crippen LogP contribution in [0.3, 0.4) is 0 Å². The van der Waals surface area contributed by atoms with Crippen LogP contribution in [0.1, 0.15) is 9.67 Å². The summed E-state index contributed by atoms with van der Waals surface area (Å²) in [5, 5.41) is 10.3. The van der Waals surface area contributed by atoms with Crippen LogP contribution in [-0.2, 0) is 0 Å². The summed E-state index contributed by atoms with van der Waals surface area (Å²) in [6, 6.07) is 10.8. The number of aromatic nitrogens is 3. The highest BCUT2D eigenvalue weighted by Gasteiger charge is 2.12. The molecule has 0 saturated carbocycles. The zero-order chi connectivity index (χ0) is 18.1. The van der Waals surface area contributed by atoms with Crippen molar-refractivity contribution in [1.82, 2.24) is 20.1 Å². The lowest BCUT2D eigenvalue weighted by Gasteiger charge is -2.06. The number of hydrogen-bond acceptors (Lipinski definition) is 5. The fraction of sp³-hybridized carbons (Fsp3) is 0.0556. The van der Waals surface area contributed by atoms with E-state index in [2.05, 4.69) is 15.4 Å². The number of nitrogens with zero attached hydrogens (tertiary/aromatic N) is 3. The van der Waals surface area contributed by atoms with Gasteiger partial charge in [0.15, 0.2) is 0 Å². The van der Waals surface area contributed by atoms with Crippen LogP contribution in [0.25, 0.3) is 16.6 Å². The standard InChI is InChI=1S/C18H13ClN4O2S/c1-20-18(24)16-7-12(10-26-16)23-14-9-21-17(6-11(14)8-22-23)25-15-5-3-2-4-13(15)19/h2-10H,1H3,(H,20,24). The molecule has 0 aliphatic carbocycles. The first-order valence-corrected chi connectivity index (χ1v) is 8.98. The Morgan fingerprint density at radius 1 is 1.27 bits per heavy atom. The van der Waals surface area contributed by atoms with Gasteiger partial charge in [0.25, 0.3) is 5.91 Å². The highest BCUT2D eigenvalue weighted by molar-refractivity contribution is 7.12. The molecule has 4 aromatic rings. The van der Waals surface area contributed by atoms with Crippen LogP contribution in [0.5, 0.6) is 11.6 Å². The lowest BCUT2D eigenvalue weighted by Crippen LogP contribution is -2.16. The molecule has 1 amide bonds. The van der Waals surface area contributed by atoms with E-state index in [0.717, 1.165) is 16.6 Å². The molecule has 3 aromatic heterocycles. The maximum Gasteiger partial charge on any atom is 0.261 e. The number of carbonyl (C=O) groups is 1. The number of thiophene rings is 1. The number of halogens is 1. The van der Waals surface area contributed by atoms with Crippen LogP contribution in [0.15, 0.2) is 54.2 Å². The van der Waals surface area contributed by atoms with E-state index in [9.17, 15) is 4.79 Å². The molecule has 130 valence electrons. The first kappa shape index (κ1) is 16.6. The number of benzene rings is 1. The van der Waals surface area contributed by atoms with E-state index in [0.29, 0.717) is 21.5 Å². The van der Waals surface area contributed by atoms with Gasteiger partial charge in [-0.15, -0.1) is 11.3 Å². The Labute approximate surface area is 158 Å². The zero-order valence-corrected chi connectivity index (χ0v) is 15.2. The maximum atomic E-state index is 11.7. The third kappa shape index (κ3) is 3.02. The summed E-state index contributed by atoms with van der Waals surface area (Å²) in [4.78, 5) is 16.7. The number of carbonyl (C=O) groups excluding carboxylic acids is 1. The lowest BCUT2D eigenvalue weighted by atomic mass is 10.3. The topological polar surface area (TPSA) is 69.0 Å². The van der Waals surface area contributed by atoms with Crippen molar-refractivity contribution in [2.45, 2.75) is 0 Å². The predicted molar refractivity (Wildman–Crippen MR) is 102 cm³/mol. The van der Waals surface area contributed by atoms with Gasteiger partial charge < -0.3 is 10.1 Å². The number of hydrogen-bond donors (Lipinski definition) is 1. The molecule has 6 nitrogen and oxygen atoms in total. The van der Waals surface area contributed by atoms with Gasteiger partial charge in [0, 0.05) is 23.9 Å².